The summed E-state index contributed by atoms with van der Waals surface area (Å²) in [6.07, 6.45) is 5.93. The second-order valence-electron chi connectivity index (χ2n) is 5.65. The number of aryl methyl sites for hydroxylation is 2. The molecule has 0 radical (unpaired) electrons. The zero-order valence-electron chi connectivity index (χ0n) is 13.0. The van der Waals surface area contributed by atoms with Gasteiger partial charge in [0.05, 0.1) is 12.5 Å². The molecule has 1 fully saturated rings. The van der Waals surface area contributed by atoms with Gasteiger partial charge in [0.15, 0.2) is 5.82 Å². The molecule has 2 aromatic heterocycles. The first-order chi connectivity index (χ1) is 11.1. The number of aromatic nitrogens is 4. The Morgan fingerprint density at radius 1 is 1.35 bits per heavy atom. The molecule has 1 aliphatic rings. The van der Waals surface area contributed by atoms with Crippen LogP contribution in [0.15, 0.2) is 24.5 Å². The largest absolute Gasteiger partial charge is 0.481 e. The standard InChI is InChI=1S/C16H19N5O2/c1-11-10-12(5-6-14(22)23)20-15(19-11)13-4-2-9-21(13)16-17-7-3-8-18-16/h3,7-8,10,13H,2,4-6,9H2,1H3,(H,22,23). The summed E-state index contributed by atoms with van der Waals surface area (Å²) in [5.41, 5.74) is 1.63. The molecule has 1 atom stereocenters. The molecule has 7 nitrogen and oxygen atoms in total. The highest BCUT2D eigenvalue weighted by atomic mass is 16.4. The molecule has 3 rings (SSSR count). The first-order valence-electron chi connectivity index (χ1n) is 7.73. The van der Waals surface area contributed by atoms with Gasteiger partial charge in [-0.3, -0.25) is 4.79 Å². The molecule has 0 bridgehead atoms. The summed E-state index contributed by atoms with van der Waals surface area (Å²) in [5.74, 6) is 0.602. The number of carboxylic acids is 1. The number of carboxylic acid groups (broad SMARTS) is 1. The summed E-state index contributed by atoms with van der Waals surface area (Å²) in [4.78, 5) is 30.7. The van der Waals surface area contributed by atoms with Crippen molar-refractivity contribution in [1.29, 1.82) is 0 Å². The van der Waals surface area contributed by atoms with Crippen molar-refractivity contribution >= 4 is 11.9 Å². The Bertz CT molecular complexity index is 692. The quantitative estimate of drug-likeness (QED) is 0.901. The highest BCUT2D eigenvalue weighted by Crippen LogP contribution is 2.32. The van der Waals surface area contributed by atoms with Crippen molar-refractivity contribution in [2.24, 2.45) is 0 Å². The van der Waals surface area contributed by atoms with Gasteiger partial charge < -0.3 is 10.0 Å². The Labute approximate surface area is 134 Å². The molecule has 23 heavy (non-hydrogen) atoms. The van der Waals surface area contributed by atoms with Gasteiger partial charge >= 0.3 is 5.97 Å². The minimum Gasteiger partial charge on any atom is -0.481 e. The Morgan fingerprint density at radius 3 is 2.87 bits per heavy atom. The predicted molar refractivity (Wildman–Crippen MR) is 84.1 cm³/mol. The molecule has 3 heterocycles. The molecule has 0 aromatic carbocycles. The number of aliphatic carboxylic acids is 1. The highest BCUT2D eigenvalue weighted by molar-refractivity contribution is 5.66. The third-order valence-electron chi connectivity index (χ3n) is 3.88. The molecule has 0 amide bonds. The monoisotopic (exact) mass is 313 g/mol. The number of hydrogen-bond donors (Lipinski definition) is 1. The molecule has 0 saturated carbocycles. The number of rotatable bonds is 5. The molecule has 120 valence electrons. The molecule has 0 aliphatic carbocycles. The fourth-order valence-corrected chi connectivity index (χ4v) is 2.88. The lowest BCUT2D eigenvalue weighted by Gasteiger charge is -2.23. The van der Waals surface area contributed by atoms with Crippen LogP contribution in [0.3, 0.4) is 0 Å². The molecule has 7 heteroatoms. The molecule has 0 spiro atoms. The van der Waals surface area contributed by atoms with Crippen molar-refractivity contribution in [2.75, 3.05) is 11.4 Å². The zero-order chi connectivity index (χ0) is 16.2. The van der Waals surface area contributed by atoms with Gasteiger partial charge in [-0.2, -0.15) is 0 Å². The van der Waals surface area contributed by atoms with Crippen LogP contribution in [-0.4, -0.2) is 37.6 Å². The molecule has 2 aromatic rings. The fourth-order valence-electron chi connectivity index (χ4n) is 2.88. The van der Waals surface area contributed by atoms with E-state index < -0.39 is 5.97 Å². The average Bonchev–Trinajstić information content (AvgIpc) is 3.03. The second-order valence-corrected chi connectivity index (χ2v) is 5.65. The second kappa shape index (κ2) is 6.68. The maximum Gasteiger partial charge on any atom is 0.303 e. The molecule has 1 aliphatic heterocycles. The van der Waals surface area contributed by atoms with E-state index in [4.69, 9.17) is 5.11 Å². The molecule has 1 unspecified atom stereocenters. The van der Waals surface area contributed by atoms with Gasteiger partial charge in [-0.25, -0.2) is 19.9 Å². The average molecular weight is 313 g/mol. The van der Waals surface area contributed by atoms with E-state index in [2.05, 4.69) is 24.8 Å². The van der Waals surface area contributed by atoms with Crippen molar-refractivity contribution in [3.8, 4) is 0 Å². The predicted octanol–water partition coefficient (Wildman–Crippen LogP) is 1.93. The number of carbonyl (C=O) groups is 1. The Balaban J connectivity index is 1.86. The summed E-state index contributed by atoms with van der Waals surface area (Å²) in [6.45, 7) is 2.78. The molecule has 1 N–H and O–H groups in total. The Morgan fingerprint density at radius 2 is 2.13 bits per heavy atom. The summed E-state index contributed by atoms with van der Waals surface area (Å²) in [7, 11) is 0. The molecule has 1 saturated heterocycles. The third-order valence-corrected chi connectivity index (χ3v) is 3.88. The van der Waals surface area contributed by atoms with Crippen LogP contribution in [0.25, 0.3) is 0 Å². The van der Waals surface area contributed by atoms with Gasteiger partial charge in [-0.1, -0.05) is 0 Å². The number of anilines is 1. The first-order valence-corrected chi connectivity index (χ1v) is 7.73. The van der Waals surface area contributed by atoms with Crippen molar-refractivity contribution < 1.29 is 9.90 Å². The van der Waals surface area contributed by atoms with Gasteiger partial charge in [-0.15, -0.1) is 0 Å². The summed E-state index contributed by atoms with van der Waals surface area (Å²) < 4.78 is 0. The zero-order valence-corrected chi connectivity index (χ0v) is 13.0. The smallest absolute Gasteiger partial charge is 0.303 e. The van der Waals surface area contributed by atoms with E-state index in [0.29, 0.717) is 12.4 Å². The lowest BCUT2D eigenvalue weighted by molar-refractivity contribution is -0.136. The minimum absolute atomic E-state index is 0.0425. The van der Waals surface area contributed by atoms with Crippen molar-refractivity contribution in [1.82, 2.24) is 19.9 Å². The summed E-state index contributed by atoms with van der Waals surface area (Å²) in [5, 5.41) is 8.85. The SMILES string of the molecule is Cc1cc(CCC(=O)O)nc(C2CCCN2c2ncccn2)n1. The first kappa shape index (κ1) is 15.3. The van der Waals surface area contributed by atoms with Gasteiger partial charge in [-0.05, 0) is 31.9 Å². The molecular formula is C16H19N5O2. The van der Waals surface area contributed by atoms with Crippen molar-refractivity contribution in [3.05, 3.63) is 41.7 Å². The van der Waals surface area contributed by atoms with Gasteiger partial charge in [0, 0.05) is 36.7 Å². The van der Waals surface area contributed by atoms with Crippen LogP contribution in [-0.2, 0) is 11.2 Å². The van der Waals surface area contributed by atoms with E-state index in [1.54, 1.807) is 18.5 Å². The van der Waals surface area contributed by atoms with Crippen LogP contribution in [0, 0.1) is 6.92 Å². The lowest BCUT2D eigenvalue weighted by Crippen LogP contribution is -2.26. The van der Waals surface area contributed by atoms with E-state index in [-0.39, 0.29) is 12.5 Å². The van der Waals surface area contributed by atoms with Crippen LogP contribution in [0.5, 0.6) is 0 Å². The Hall–Kier alpha value is -2.57. The maximum absolute atomic E-state index is 10.8. The minimum atomic E-state index is -0.817. The third kappa shape index (κ3) is 3.61. The van der Waals surface area contributed by atoms with E-state index in [9.17, 15) is 4.79 Å². The molecular weight excluding hydrogens is 294 g/mol. The van der Waals surface area contributed by atoms with Crippen molar-refractivity contribution in [3.63, 3.8) is 0 Å². The van der Waals surface area contributed by atoms with E-state index in [1.165, 1.54) is 0 Å². The number of nitrogens with zero attached hydrogens (tertiary/aromatic N) is 5. The van der Waals surface area contributed by atoms with Crippen LogP contribution < -0.4 is 4.90 Å². The van der Waals surface area contributed by atoms with Crippen LogP contribution in [0.1, 0.15) is 42.5 Å². The maximum atomic E-state index is 10.8. The van der Waals surface area contributed by atoms with Crippen LogP contribution in [0.2, 0.25) is 0 Å². The van der Waals surface area contributed by atoms with E-state index >= 15 is 0 Å². The fraction of sp³-hybridized carbons (Fsp3) is 0.438. The number of hydrogen-bond acceptors (Lipinski definition) is 6. The summed E-state index contributed by atoms with van der Waals surface area (Å²) >= 11 is 0. The highest BCUT2D eigenvalue weighted by Gasteiger charge is 2.30. The van der Waals surface area contributed by atoms with Crippen molar-refractivity contribution in [2.45, 2.75) is 38.6 Å². The normalized spacial score (nSPS) is 17.4. The lowest BCUT2D eigenvalue weighted by atomic mass is 10.1. The Kier molecular flexibility index (Phi) is 4.45. The van der Waals surface area contributed by atoms with E-state index in [1.807, 2.05) is 13.0 Å². The van der Waals surface area contributed by atoms with Gasteiger partial charge in [0.2, 0.25) is 5.95 Å². The summed E-state index contributed by atoms with van der Waals surface area (Å²) in [6, 6.07) is 3.69. The van der Waals surface area contributed by atoms with Gasteiger partial charge in [0.1, 0.15) is 0 Å². The topological polar surface area (TPSA) is 92.1 Å². The van der Waals surface area contributed by atoms with Crippen LogP contribution >= 0.6 is 0 Å². The van der Waals surface area contributed by atoms with Crippen LogP contribution in [0.4, 0.5) is 5.95 Å². The van der Waals surface area contributed by atoms with E-state index in [0.717, 1.165) is 36.6 Å². The van der Waals surface area contributed by atoms with Gasteiger partial charge in [0.25, 0.3) is 0 Å².